The van der Waals surface area contributed by atoms with Crippen molar-refractivity contribution in [2.24, 2.45) is 16.6 Å². The number of aromatic amines is 2. The Balaban J connectivity index is 0.000000174. The van der Waals surface area contributed by atoms with Gasteiger partial charge >= 0.3 is 0 Å². The summed E-state index contributed by atoms with van der Waals surface area (Å²) in [4.78, 5) is 72.4. The number of hydrogen-bond acceptors (Lipinski definition) is 11. The fraction of sp³-hybridized carbons (Fsp3) is 0.284. The fourth-order valence-electron chi connectivity index (χ4n) is 10.8. The number of nitrogens with one attached hydrogen (secondary N) is 4. The van der Waals surface area contributed by atoms with Gasteiger partial charge in [0.25, 0.3) is 11.1 Å². The number of methoxy groups -OCH3 is 1. The van der Waals surface area contributed by atoms with Gasteiger partial charge in [0.2, 0.25) is 23.7 Å². The molecule has 422 valence electrons. The molecular formula is C67H73N9O6. The van der Waals surface area contributed by atoms with Crippen LogP contribution in [0.1, 0.15) is 67.3 Å². The van der Waals surface area contributed by atoms with Gasteiger partial charge in [-0.05, 0) is 104 Å². The second-order valence-electron chi connectivity index (χ2n) is 21.4. The number of nitrogens with two attached hydrogens (primary N) is 1. The molecule has 2 aromatic heterocycles. The molecule has 4 heterocycles. The zero-order chi connectivity index (χ0) is 57.3. The van der Waals surface area contributed by atoms with Crippen LogP contribution < -0.4 is 46.8 Å². The van der Waals surface area contributed by atoms with E-state index in [1.807, 2.05) is 147 Å². The largest absolute Gasteiger partial charge is 0.497 e. The predicted molar refractivity (Wildman–Crippen MR) is 326 cm³/mol. The number of aromatic nitrogens is 4. The maximum atomic E-state index is 13.7. The second-order valence-corrected chi connectivity index (χ2v) is 21.4. The number of amides is 2. The summed E-state index contributed by atoms with van der Waals surface area (Å²) in [6.07, 6.45) is 3.98. The van der Waals surface area contributed by atoms with Crippen molar-refractivity contribution >= 4 is 45.5 Å². The van der Waals surface area contributed by atoms with Crippen LogP contribution in [-0.4, -0.2) is 71.1 Å². The minimum atomic E-state index is -0.540. The summed E-state index contributed by atoms with van der Waals surface area (Å²) < 4.78 is 11.1. The Kier molecular flexibility index (Phi) is 19.2. The van der Waals surface area contributed by atoms with Crippen LogP contribution in [0.25, 0.3) is 21.8 Å². The number of H-pyrrole nitrogens is 2. The number of hydrogen-bond donors (Lipinski definition) is 5. The molecule has 11 rings (SSSR count). The minimum Gasteiger partial charge on any atom is -0.497 e. The molecule has 15 nitrogen and oxygen atoms in total. The van der Waals surface area contributed by atoms with Crippen LogP contribution in [0.5, 0.6) is 11.5 Å². The maximum Gasteiger partial charge on any atom is 0.260 e. The fourth-order valence-corrected chi connectivity index (χ4v) is 10.8. The van der Waals surface area contributed by atoms with Crippen LogP contribution >= 0.6 is 0 Å². The van der Waals surface area contributed by atoms with Crippen LogP contribution in [0.2, 0.25) is 0 Å². The van der Waals surface area contributed by atoms with Gasteiger partial charge in [0.05, 0.1) is 45.8 Å². The third-order valence-electron chi connectivity index (χ3n) is 15.4. The van der Waals surface area contributed by atoms with Crippen molar-refractivity contribution in [2.45, 2.75) is 78.1 Å². The van der Waals surface area contributed by atoms with Crippen LogP contribution in [0.3, 0.4) is 0 Å². The SMILES string of the molecule is CC(C)Oc1ccc2c(=O)[nH]c(N3CCC(Cc4ccccc4)(C(=O)NCc4ccccc4)CC3)nc2c1.COc1ccc2c(=O)[nH]c(N3CCC(Cc4ccccc4)(C(=O)NCc4ccccc4)CC3)nc2c1.NCc1ccccc1. The molecule has 2 amide bonds. The zero-order valence-electron chi connectivity index (χ0n) is 47.0. The minimum absolute atomic E-state index is 0.0294. The highest BCUT2D eigenvalue weighted by atomic mass is 16.5. The van der Waals surface area contributed by atoms with E-state index in [-0.39, 0.29) is 29.0 Å². The van der Waals surface area contributed by atoms with E-state index in [1.165, 1.54) is 5.56 Å². The first kappa shape index (κ1) is 57.6. The molecular weight excluding hydrogens is 1030 g/mol. The van der Waals surface area contributed by atoms with Gasteiger partial charge in [-0.1, -0.05) is 152 Å². The van der Waals surface area contributed by atoms with E-state index in [9.17, 15) is 19.2 Å². The number of carbonyl (C=O) groups excluding carboxylic acids is 2. The quantitative estimate of drug-likeness (QED) is 0.0617. The van der Waals surface area contributed by atoms with Gasteiger partial charge in [-0.3, -0.25) is 29.1 Å². The smallest absolute Gasteiger partial charge is 0.260 e. The average Bonchev–Trinajstić information content (AvgIpc) is 3.61. The highest BCUT2D eigenvalue weighted by Crippen LogP contribution is 2.38. The standard InChI is InChI=1S/C31H34N4O3.C29H30N4O3.C7H9N/c1-22(2)38-25-13-14-26-27(19-25)33-30(34-28(26)36)35-17-15-31(16-18-35,20-23-9-5-3-6-10-23)29(37)32-21-24-11-7-4-8-12-24;1-36-23-12-13-24-25(18-23)31-28(32-26(24)34)33-16-14-29(15-17-33,19-21-8-4-2-5-9-21)27(35)30-20-22-10-6-3-7-11-22;8-6-7-4-2-1-3-5-7/h3-14,19,22H,15-18,20-21H2,1-2H3,(H,32,37)(H,33,34,36);2-13,18H,14-17,19-20H2,1H3,(H,30,35)(H,31,32,34);1-5H,6,8H2. The molecule has 2 saturated heterocycles. The molecule has 7 aromatic carbocycles. The van der Waals surface area contributed by atoms with Crippen molar-refractivity contribution in [1.29, 1.82) is 0 Å². The molecule has 0 radical (unpaired) electrons. The van der Waals surface area contributed by atoms with E-state index >= 15 is 0 Å². The lowest BCUT2D eigenvalue weighted by Crippen LogP contribution is -2.50. The summed E-state index contributed by atoms with van der Waals surface area (Å²) in [7, 11) is 1.59. The molecule has 0 unspecified atom stereocenters. The average molecular weight is 1100 g/mol. The van der Waals surface area contributed by atoms with Crippen molar-refractivity contribution in [3.05, 3.63) is 237 Å². The van der Waals surface area contributed by atoms with E-state index < -0.39 is 10.8 Å². The summed E-state index contributed by atoms with van der Waals surface area (Å²) in [5, 5.41) is 7.43. The lowest BCUT2D eigenvalue weighted by molar-refractivity contribution is -0.133. The van der Waals surface area contributed by atoms with Crippen LogP contribution in [-0.2, 0) is 42.1 Å². The zero-order valence-corrected chi connectivity index (χ0v) is 47.0. The third kappa shape index (κ3) is 14.8. The highest BCUT2D eigenvalue weighted by molar-refractivity contribution is 5.85. The van der Waals surface area contributed by atoms with Gasteiger partial charge in [0, 0.05) is 57.9 Å². The number of rotatable bonds is 16. The monoisotopic (exact) mass is 1100 g/mol. The predicted octanol–water partition coefficient (Wildman–Crippen LogP) is 10.1. The first-order valence-electron chi connectivity index (χ1n) is 28.2. The number of anilines is 2. The number of fused-ring (bicyclic) bond motifs is 2. The van der Waals surface area contributed by atoms with Crippen molar-refractivity contribution in [1.82, 2.24) is 30.6 Å². The van der Waals surface area contributed by atoms with E-state index in [0.29, 0.717) is 130 Å². The first-order valence-corrected chi connectivity index (χ1v) is 28.2. The van der Waals surface area contributed by atoms with Gasteiger partial charge in [-0.25, -0.2) is 9.97 Å². The Hall–Kier alpha value is -9.08. The molecule has 0 spiro atoms. The van der Waals surface area contributed by atoms with Gasteiger partial charge in [0.15, 0.2) is 0 Å². The molecule has 2 fully saturated rings. The number of carbonyl (C=O) groups is 2. The van der Waals surface area contributed by atoms with Gasteiger partial charge < -0.3 is 35.6 Å². The molecule has 0 aliphatic carbocycles. The summed E-state index contributed by atoms with van der Waals surface area (Å²) in [6, 6.07) is 60.9. The Morgan fingerprint density at radius 1 is 0.524 bits per heavy atom. The van der Waals surface area contributed by atoms with Crippen molar-refractivity contribution in [3.63, 3.8) is 0 Å². The Morgan fingerprint density at radius 3 is 1.23 bits per heavy atom. The van der Waals surface area contributed by atoms with E-state index in [0.717, 1.165) is 22.3 Å². The Bertz CT molecular complexity index is 3620. The molecule has 9 aromatic rings. The number of nitrogens with zero attached hydrogens (tertiary/aromatic N) is 4. The van der Waals surface area contributed by atoms with E-state index in [1.54, 1.807) is 37.4 Å². The number of ether oxygens (including phenoxy) is 2. The van der Waals surface area contributed by atoms with E-state index in [2.05, 4.69) is 54.7 Å². The highest BCUT2D eigenvalue weighted by Gasteiger charge is 2.43. The summed E-state index contributed by atoms with van der Waals surface area (Å²) >= 11 is 0. The molecule has 15 heteroatoms. The molecule has 2 aliphatic rings. The van der Waals surface area contributed by atoms with Gasteiger partial charge in [0.1, 0.15) is 11.5 Å². The molecule has 0 bridgehead atoms. The lowest BCUT2D eigenvalue weighted by Gasteiger charge is -2.41. The third-order valence-corrected chi connectivity index (χ3v) is 15.4. The van der Waals surface area contributed by atoms with Crippen molar-refractivity contribution in [3.8, 4) is 11.5 Å². The topological polar surface area (TPSA) is 201 Å². The lowest BCUT2D eigenvalue weighted by atomic mass is 9.73. The normalized spacial score (nSPS) is 14.4. The molecule has 0 atom stereocenters. The summed E-state index contributed by atoms with van der Waals surface area (Å²) in [5.74, 6) is 2.54. The molecule has 82 heavy (non-hydrogen) atoms. The summed E-state index contributed by atoms with van der Waals surface area (Å²) in [5.41, 5.74) is 10.7. The van der Waals surface area contributed by atoms with Gasteiger partial charge in [-0.15, -0.1) is 0 Å². The van der Waals surface area contributed by atoms with Gasteiger partial charge in [-0.2, -0.15) is 0 Å². The van der Waals surface area contributed by atoms with Crippen molar-refractivity contribution < 1.29 is 19.1 Å². The molecule has 6 N–H and O–H groups in total. The molecule has 0 saturated carbocycles. The Labute approximate surface area is 479 Å². The van der Waals surface area contributed by atoms with Crippen LogP contribution in [0.4, 0.5) is 11.9 Å². The van der Waals surface area contributed by atoms with E-state index in [4.69, 9.17) is 25.2 Å². The first-order chi connectivity index (χ1) is 39.9. The summed E-state index contributed by atoms with van der Waals surface area (Å²) in [6.45, 7) is 8.03. The molecule has 2 aliphatic heterocycles. The maximum absolute atomic E-state index is 13.7. The van der Waals surface area contributed by atoms with Crippen molar-refractivity contribution in [2.75, 3.05) is 43.1 Å². The van der Waals surface area contributed by atoms with Crippen LogP contribution in [0.15, 0.2) is 198 Å². The number of benzene rings is 7. The second kappa shape index (κ2) is 27.4. The Morgan fingerprint density at radius 2 is 0.878 bits per heavy atom. The van der Waals surface area contributed by atoms with Crippen LogP contribution in [0, 0.1) is 10.8 Å². The number of piperidine rings is 2.